The summed E-state index contributed by atoms with van der Waals surface area (Å²) in [4.78, 5) is 25.3. The highest BCUT2D eigenvalue weighted by Gasteiger charge is 2.12. The number of carbonyl (C=O) groups is 1. The minimum absolute atomic E-state index is 0.146. The lowest BCUT2D eigenvalue weighted by atomic mass is 10.1. The Morgan fingerprint density at radius 1 is 1.45 bits per heavy atom. The number of benzene rings is 1. The number of amides is 1. The fraction of sp³-hybridized carbons (Fsp3) is 0.214. The molecular formula is C14H13ClN4O3. The summed E-state index contributed by atoms with van der Waals surface area (Å²) in [5.74, 6) is 0.164. The largest absolute Gasteiger partial charge is 0.464 e. The number of nitrogens with zero attached hydrogens (tertiary/aromatic N) is 1. The van der Waals surface area contributed by atoms with Crippen molar-refractivity contribution in [3.05, 3.63) is 50.9 Å². The zero-order chi connectivity index (χ0) is 15.7. The zero-order valence-electron chi connectivity index (χ0n) is 11.7. The van der Waals surface area contributed by atoms with E-state index in [1.54, 1.807) is 12.3 Å². The summed E-state index contributed by atoms with van der Waals surface area (Å²) in [6, 6.07) is 3.64. The van der Waals surface area contributed by atoms with Crippen LogP contribution in [0.3, 0.4) is 0 Å². The first kappa shape index (κ1) is 14.4. The van der Waals surface area contributed by atoms with Crippen molar-refractivity contribution in [1.82, 2.24) is 20.5 Å². The van der Waals surface area contributed by atoms with Gasteiger partial charge in [-0.25, -0.2) is 9.89 Å². The Morgan fingerprint density at radius 2 is 2.27 bits per heavy atom. The molecule has 0 aliphatic rings. The van der Waals surface area contributed by atoms with E-state index < -0.39 is 5.69 Å². The first-order valence-electron chi connectivity index (χ1n) is 6.59. The molecule has 7 nitrogen and oxygen atoms in total. The molecule has 2 heterocycles. The summed E-state index contributed by atoms with van der Waals surface area (Å²) in [5.41, 5.74) is 1.96. The molecule has 0 aliphatic carbocycles. The van der Waals surface area contributed by atoms with Crippen LogP contribution in [0.1, 0.15) is 17.0 Å². The second-order valence-corrected chi connectivity index (χ2v) is 5.34. The zero-order valence-corrected chi connectivity index (χ0v) is 12.5. The van der Waals surface area contributed by atoms with Gasteiger partial charge in [0.2, 0.25) is 5.91 Å². The predicted octanol–water partition coefficient (Wildman–Crippen LogP) is 1.66. The summed E-state index contributed by atoms with van der Waals surface area (Å²) >= 11 is 6.11. The Bertz CT molecular complexity index is 893. The van der Waals surface area contributed by atoms with Crippen molar-refractivity contribution in [3.8, 4) is 0 Å². The number of halogens is 1. The van der Waals surface area contributed by atoms with Crippen LogP contribution in [0, 0.1) is 6.92 Å². The van der Waals surface area contributed by atoms with Crippen molar-refractivity contribution in [1.29, 1.82) is 0 Å². The first-order valence-corrected chi connectivity index (χ1v) is 6.97. The number of hydrogen-bond donors (Lipinski definition) is 3. The summed E-state index contributed by atoms with van der Waals surface area (Å²) in [6.07, 6.45) is 1.71. The first-order chi connectivity index (χ1) is 10.5. The molecule has 1 aromatic carbocycles. The predicted molar refractivity (Wildman–Crippen MR) is 80.7 cm³/mol. The van der Waals surface area contributed by atoms with Gasteiger partial charge in [0, 0.05) is 16.0 Å². The van der Waals surface area contributed by atoms with Gasteiger partial charge >= 0.3 is 5.69 Å². The molecule has 0 fully saturated rings. The van der Waals surface area contributed by atoms with Crippen LogP contribution in [0.4, 0.5) is 0 Å². The van der Waals surface area contributed by atoms with E-state index in [2.05, 4.69) is 20.5 Å². The average molecular weight is 321 g/mol. The van der Waals surface area contributed by atoms with Gasteiger partial charge in [0.15, 0.2) is 0 Å². The molecule has 8 heteroatoms. The lowest BCUT2D eigenvalue weighted by Crippen LogP contribution is -2.25. The lowest BCUT2D eigenvalue weighted by Gasteiger charge is -2.02. The standard InChI is InChI=1S/C14H13ClN4O3/c1-7-2-11-9(4-10(7)15)8(6-22-11)3-13(20)16-5-12-17-14(21)19-18-12/h2,4,6H,3,5H2,1H3,(H,16,20)(H2,17,18,19,21). The van der Waals surface area contributed by atoms with Gasteiger partial charge in [0.25, 0.3) is 0 Å². The topological polar surface area (TPSA) is 104 Å². The molecule has 3 rings (SSSR count). The van der Waals surface area contributed by atoms with E-state index in [1.165, 1.54) is 0 Å². The van der Waals surface area contributed by atoms with Gasteiger partial charge in [-0.3, -0.25) is 9.78 Å². The SMILES string of the molecule is Cc1cc2occ(CC(=O)NCc3n[nH]c(=O)[nH]3)c2cc1Cl. The van der Waals surface area contributed by atoms with Gasteiger partial charge in [0.05, 0.1) is 19.2 Å². The molecule has 0 spiro atoms. The Labute approximate surface area is 129 Å². The molecule has 0 bridgehead atoms. The molecule has 0 saturated carbocycles. The Hall–Kier alpha value is -2.54. The molecule has 3 aromatic rings. The number of hydrogen-bond acceptors (Lipinski definition) is 4. The Balaban J connectivity index is 1.71. The molecule has 1 amide bonds. The highest BCUT2D eigenvalue weighted by molar-refractivity contribution is 6.32. The number of aromatic nitrogens is 3. The third-order valence-corrected chi connectivity index (χ3v) is 3.70. The van der Waals surface area contributed by atoms with Crippen molar-refractivity contribution >= 4 is 28.5 Å². The maximum Gasteiger partial charge on any atom is 0.340 e. The molecule has 0 radical (unpaired) electrons. The van der Waals surface area contributed by atoms with Crippen LogP contribution in [0.25, 0.3) is 11.0 Å². The second kappa shape index (κ2) is 5.69. The number of rotatable bonds is 4. The maximum absolute atomic E-state index is 12.0. The smallest absolute Gasteiger partial charge is 0.340 e. The van der Waals surface area contributed by atoms with Crippen molar-refractivity contribution in [3.63, 3.8) is 0 Å². The van der Waals surface area contributed by atoms with E-state index in [1.807, 2.05) is 13.0 Å². The number of furan rings is 1. The number of aryl methyl sites for hydroxylation is 1. The normalized spacial score (nSPS) is 11.0. The van der Waals surface area contributed by atoms with Gasteiger partial charge in [-0.1, -0.05) is 11.6 Å². The molecule has 0 saturated heterocycles. The van der Waals surface area contributed by atoms with Crippen LogP contribution < -0.4 is 11.0 Å². The van der Waals surface area contributed by atoms with E-state index in [4.69, 9.17) is 16.0 Å². The summed E-state index contributed by atoms with van der Waals surface area (Å²) in [6.45, 7) is 2.04. The van der Waals surface area contributed by atoms with Crippen molar-refractivity contribution in [2.45, 2.75) is 19.9 Å². The minimum Gasteiger partial charge on any atom is -0.464 e. The second-order valence-electron chi connectivity index (χ2n) is 4.94. The van der Waals surface area contributed by atoms with Crippen LogP contribution in [0.5, 0.6) is 0 Å². The molecule has 2 aromatic heterocycles. The number of nitrogens with one attached hydrogen (secondary N) is 3. The van der Waals surface area contributed by atoms with E-state index >= 15 is 0 Å². The average Bonchev–Trinajstić information content (AvgIpc) is 3.05. The summed E-state index contributed by atoms with van der Waals surface area (Å²) in [7, 11) is 0. The molecule has 0 unspecified atom stereocenters. The van der Waals surface area contributed by atoms with Crippen LogP contribution in [0.15, 0.2) is 27.6 Å². The number of carbonyl (C=O) groups excluding carboxylic acids is 1. The quantitative estimate of drug-likeness (QED) is 0.680. The molecule has 22 heavy (non-hydrogen) atoms. The lowest BCUT2D eigenvalue weighted by molar-refractivity contribution is -0.120. The van der Waals surface area contributed by atoms with Gasteiger partial charge in [-0.2, -0.15) is 5.10 Å². The monoisotopic (exact) mass is 320 g/mol. The van der Waals surface area contributed by atoms with Gasteiger partial charge in [-0.15, -0.1) is 0 Å². The van der Waals surface area contributed by atoms with Crippen molar-refractivity contribution in [2.75, 3.05) is 0 Å². The number of fused-ring (bicyclic) bond motifs is 1. The number of H-pyrrole nitrogens is 2. The van der Waals surface area contributed by atoms with Crippen LogP contribution in [-0.2, 0) is 17.8 Å². The van der Waals surface area contributed by atoms with E-state index in [0.717, 1.165) is 16.5 Å². The molecule has 0 atom stereocenters. The fourth-order valence-corrected chi connectivity index (χ4v) is 2.31. The number of aromatic amines is 2. The van der Waals surface area contributed by atoms with E-state index in [0.29, 0.717) is 16.4 Å². The Morgan fingerprint density at radius 3 is 3.00 bits per heavy atom. The highest BCUT2D eigenvalue weighted by atomic mass is 35.5. The molecule has 3 N–H and O–H groups in total. The summed E-state index contributed by atoms with van der Waals surface area (Å²) in [5, 5.41) is 10.1. The van der Waals surface area contributed by atoms with Crippen molar-refractivity contribution < 1.29 is 9.21 Å². The van der Waals surface area contributed by atoms with E-state index in [9.17, 15) is 9.59 Å². The van der Waals surface area contributed by atoms with Gasteiger partial charge < -0.3 is 9.73 Å². The van der Waals surface area contributed by atoms with Crippen LogP contribution in [-0.4, -0.2) is 21.1 Å². The van der Waals surface area contributed by atoms with Crippen molar-refractivity contribution in [2.24, 2.45) is 0 Å². The molecule has 114 valence electrons. The third-order valence-electron chi connectivity index (χ3n) is 3.29. The fourth-order valence-electron chi connectivity index (χ4n) is 2.15. The summed E-state index contributed by atoms with van der Waals surface area (Å²) < 4.78 is 5.45. The molecule has 0 aliphatic heterocycles. The maximum atomic E-state index is 12.0. The highest BCUT2D eigenvalue weighted by Crippen LogP contribution is 2.27. The minimum atomic E-state index is -0.407. The van der Waals surface area contributed by atoms with Crippen LogP contribution >= 0.6 is 11.6 Å². The van der Waals surface area contributed by atoms with E-state index in [-0.39, 0.29) is 18.9 Å². The Kier molecular flexibility index (Phi) is 3.72. The molecular weight excluding hydrogens is 308 g/mol. The van der Waals surface area contributed by atoms with Crippen LogP contribution in [0.2, 0.25) is 5.02 Å². The third kappa shape index (κ3) is 2.89. The van der Waals surface area contributed by atoms with Gasteiger partial charge in [0.1, 0.15) is 11.4 Å². The van der Waals surface area contributed by atoms with Gasteiger partial charge in [-0.05, 0) is 24.6 Å².